The highest BCUT2D eigenvalue weighted by Gasteiger charge is 2.22. The quantitative estimate of drug-likeness (QED) is 0.646. The molecule has 0 spiro atoms. The van der Waals surface area contributed by atoms with Crippen molar-refractivity contribution in [1.29, 1.82) is 0 Å². The highest BCUT2D eigenvalue weighted by molar-refractivity contribution is 5.99. The first-order valence-electron chi connectivity index (χ1n) is 7.31. The van der Waals surface area contributed by atoms with Crippen LogP contribution < -0.4 is 10.6 Å². The van der Waals surface area contributed by atoms with Gasteiger partial charge in [0.2, 0.25) is 5.91 Å². The van der Waals surface area contributed by atoms with Crippen LogP contribution in [0.2, 0.25) is 0 Å². The maximum atomic E-state index is 12.3. The molecule has 21 heavy (non-hydrogen) atoms. The second-order valence-electron chi connectivity index (χ2n) is 5.10. The predicted octanol–water partition coefficient (Wildman–Crippen LogP) is 2.99. The van der Waals surface area contributed by atoms with Crippen molar-refractivity contribution < 1.29 is 14.3 Å². The maximum absolute atomic E-state index is 12.3. The van der Waals surface area contributed by atoms with Gasteiger partial charge in [-0.05, 0) is 45.4 Å². The molecule has 1 aromatic rings. The van der Waals surface area contributed by atoms with Gasteiger partial charge in [0.1, 0.15) is 0 Å². The Morgan fingerprint density at radius 1 is 1.29 bits per heavy atom. The number of nitrogens with two attached hydrogens (primary N) is 1. The average Bonchev–Trinajstić information content (AvgIpc) is 2.41. The largest absolute Gasteiger partial charge is 0.462 e. The molecule has 0 radical (unpaired) electrons. The van der Waals surface area contributed by atoms with Gasteiger partial charge in [-0.3, -0.25) is 4.79 Å². The van der Waals surface area contributed by atoms with E-state index in [0.717, 1.165) is 6.42 Å². The van der Waals surface area contributed by atoms with E-state index in [1.165, 1.54) is 0 Å². The van der Waals surface area contributed by atoms with E-state index < -0.39 is 5.97 Å². The van der Waals surface area contributed by atoms with Gasteiger partial charge in [0.25, 0.3) is 0 Å². The van der Waals surface area contributed by atoms with Crippen molar-refractivity contribution in [3.63, 3.8) is 0 Å². The van der Waals surface area contributed by atoms with Gasteiger partial charge >= 0.3 is 5.97 Å². The van der Waals surface area contributed by atoms with Crippen molar-refractivity contribution in [2.75, 3.05) is 17.2 Å². The van der Waals surface area contributed by atoms with Crippen LogP contribution in [0.15, 0.2) is 18.2 Å². The van der Waals surface area contributed by atoms with Crippen LogP contribution in [-0.4, -0.2) is 24.5 Å². The van der Waals surface area contributed by atoms with E-state index in [0.29, 0.717) is 30.0 Å². The number of nitrogens with zero attached hydrogens (tertiary/aromatic N) is 1. The summed E-state index contributed by atoms with van der Waals surface area (Å²) in [7, 11) is 0. The lowest BCUT2D eigenvalue weighted by Gasteiger charge is -2.28. The molecular formula is C16H24N2O3. The summed E-state index contributed by atoms with van der Waals surface area (Å²) in [5.41, 5.74) is 7.43. The first-order chi connectivity index (χ1) is 9.92. The highest BCUT2D eigenvalue weighted by atomic mass is 16.5. The van der Waals surface area contributed by atoms with Crippen LogP contribution >= 0.6 is 0 Å². The third-order valence-corrected chi connectivity index (χ3v) is 3.05. The minimum atomic E-state index is -0.412. The second-order valence-corrected chi connectivity index (χ2v) is 5.10. The molecule has 1 amide bonds. The lowest BCUT2D eigenvalue weighted by molar-refractivity contribution is -0.119. The molecule has 1 rings (SSSR count). The summed E-state index contributed by atoms with van der Waals surface area (Å²) in [5.74, 6) is -0.411. The third kappa shape index (κ3) is 4.21. The van der Waals surface area contributed by atoms with E-state index in [2.05, 4.69) is 0 Å². The van der Waals surface area contributed by atoms with Crippen LogP contribution in [0.3, 0.4) is 0 Å². The standard InChI is InChI=1S/C16H24N2O3/c1-5-7-15(19)18(11(3)4)14-10-12(8-9-13(14)17)16(20)21-6-2/h8-11H,5-7,17H2,1-4H3. The predicted molar refractivity (Wildman–Crippen MR) is 84.3 cm³/mol. The number of carbonyl (C=O) groups excluding carboxylic acids is 2. The number of nitrogen functional groups attached to an aromatic ring is 1. The van der Waals surface area contributed by atoms with Gasteiger partial charge in [-0.1, -0.05) is 6.92 Å². The number of benzene rings is 1. The zero-order valence-electron chi connectivity index (χ0n) is 13.2. The van der Waals surface area contributed by atoms with Crippen molar-refractivity contribution in [2.24, 2.45) is 0 Å². The number of hydrogen-bond donors (Lipinski definition) is 1. The Balaban J connectivity index is 3.21. The van der Waals surface area contributed by atoms with E-state index >= 15 is 0 Å². The Morgan fingerprint density at radius 3 is 2.48 bits per heavy atom. The minimum absolute atomic E-state index is 0.000193. The summed E-state index contributed by atoms with van der Waals surface area (Å²) in [6.45, 7) is 7.85. The van der Waals surface area contributed by atoms with Crippen LogP contribution in [0.4, 0.5) is 11.4 Å². The lowest BCUT2D eigenvalue weighted by Crippen LogP contribution is -2.37. The maximum Gasteiger partial charge on any atom is 0.338 e. The zero-order valence-corrected chi connectivity index (χ0v) is 13.2. The van der Waals surface area contributed by atoms with E-state index in [1.807, 2.05) is 20.8 Å². The van der Waals surface area contributed by atoms with Crippen LogP contribution in [-0.2, 0) is 9.53 Å². The van der Waals surface area contributed by atoms with Gasteiger partial charge < -0.3 is 15.4 Å². The SMILES string of the molecule is CCCC(=O)N(c1cc(C(=O)OCC)ccc1N)C(C)C. The average molecular weight is 292 g/mol. The van der Waals surface area contributed by atoms with Gasteiger partial charge in [0.05, 0.1) is 23.5 Å². The molecule has 0 heterocycles. The van der Waals surface area contributed by atoms with E-state index in [4.69, 9.17) is 10.5 Å². The molecule has 2 N–H and O–H groups in total. The summed E-state index contributed by atoms with van der Waals surface area (Å²) >= 11 is 0. The number of hydrogen-bond acceptors (Lipinski definition) is 4. The molecule has 0 fully saturated rings. The molecule has 0 aliphatic rings. The zero-order chi connectivity index (χ0) is 16.0. The van der Waals surface area contributed by atoms with Crippen LogP contribution in [0.5, 0.6) is 0 Å². The molecule has 116 valence electrons. The van der Waals surface area contributed by atoms with Crippen LogP contribution in [0.1, 0.15) is 50.9 Å². The minimum Gasteiger partial charge on any atom is -0.462 e. The van der Waals surface area contributed by atoms with E-state index in [-0.39, 0.29) is 11.9 Å². The molecule has 0 unspecified atom stereocenters. The van der Waals surface area contributed by atoms with E-state index in [9.17, 15) is 9.59 Å². The molecule has 0 aliphatic carbocycles. The normalized spacial score (nSPS) is 10.5. The molecule has 0 aliphatic heterocycles. The number of rotatable bonds is 6. The first kappa shape index (κ1) is 17.0. The summed E-state index contributed by atoms with van der Waals surface area (Å²) in [4.78, 5) is 25.8. The summed E-state index contributed by atoms with van der Waals surface area (Å²) in [6.07, 6.45) is 1.21. The monoisotopic (exact) mass is 292 g/mol. The van der Waals surface area contributed by atoms with Gasteiger partial charge in [-0.2, -0.15) is 0 Å². The van der Waals surface area contributed by atoms with Crippen molar-refractivity contribution >= 4 is 23.3 Å². The smallest absolute Gasteiger partial charge is 0.338 e. The molecule has 0 atom stereocenters. The summed E-state index contributed by atoms with van der Waals surface area (Å²) in [5, 5.41) is 0. The topological polar surface area (TPSA) is 72.6 Å². The van der Waals surface area contributed by atoms with Gasteiger partial charge in [-0.15, -0.1) is 0 Å². The Bertz CT molecular complexity index is 512. The fourth-order valence-electron chi connectivity index (χ4n) is 2.13. The van der Waals surface area contributed by atoms with Gasteiger partial charge in [-0.25, -0.2) is 4.79 Å². The molecule has 0 saturated carbocycles. The van der Waals surface area contributed by atoms with Crippen LogP contribution in [0, 0.1) is 0 Å². The summed E-state index contributed by atoms with van der Waals surface area (Å²) < 4.78 is 4.99. The lowest BCUT2D eigenvalue weighted by atomic mass is 10.1. The van der Waals surface area contributed by atoms with Gasteiger partial charge in [0.15, 0.2) is 0 Å². The van der Waals surface area contributed by atoms with Crippen molar-refractivity contribution in [2.45, 2.75) is 46.6 Å². The van der Waals surface area contributed by atoms with Crippen molar-refractivity contribution in [3.05, 3.63) is 23.8 Å². The highest BCUT2D eigenvalue weighted by Crippen LogP contribution is 2.27. The number of anilines is 2. The molecular weight excluding hydrogens is 268 g/mol. The molecule has 1 aromatic carbocycles. The van der Waals surface area contributed by atoms with Crippen LogP contribution in [0.25, 0.3) is 0 Å². The fraction of sp³-hybridized carbons (Fsp3) is 0.500. The number of carbonyl (C=O) groups is 2. The number of ether oxygens (including phenoxy) is 1. The Kier molecular flexibility index (Phi) is 6.21. The summed E-state index contributed by atoms with van der Waals surface area (Å²) in [6, 6.07) is 4.83. The number of esters is 1. The van der Waals surface area contributed by atoms with Crippen molar-refractivity contribution in [3.8, 4) is 0 Å². The van der Waals surface area contributed by atoms with Crippen molar-refractivity contribution in [1.82, 2.24) is 0 Å². The number of amides is 1. The van der Waals surface area contributed by atoms with E-state index in [1.54, 1.807) is 30.0 Å². The Labute approximate surface area is 126 Å². The molecule has 5 heteroatoms. The molecule has 0 saturated heterocycles. The molecule has 0 bridgehead atoms. The first-order valence-corrected chi connectivity index (χ1v) is 7.31. The second kappa shape index (κ2) is 7.67. The third-order valence-electron chi connectivity index (χ3n) is 3.05. The molecule has 5 nitrogen and oxygen atoms in total. The molecule has 0 aromatic heterocycles. The fourth-order valence-corrected chi connectivity index (χ4v) is 2.13. The Hall–Kier alpha value is -2.04. The Morgan fingerprint density at radius 2 is 1.95 bits per heavy atom. The van der Waals surface area contributed by atoms with Gasteiger partial charge in [0, 0.05) is 12.5 Å².